The summed E-state index contributed by atoms with van der Waals surface area (Å²) in [7, 11) is 0. The molecule has 0 bridgehead atoms. The number of ether oxygens (including phenoxy) is 1. The second-order valence-electron chi connectivity index (χ2n) is 5.56. The molecule has 1 fully saturated rings. The van der Waals surface area contributed by atoms with Crippen LogP contribution >= 0.6 is 23.1 Å². The molecule has 1 aliphatic heterocycles. The number of benzene rings is 1. The SMILES string of the molecule is CCOC(=O)c1nnsc1NC(=O)N1CCN(c2cccc(Cl)c2)CC1. The number of piperazine rings is 1. The van der Waals surface area contributed by atoms with Crippen LogP contribution in [0.25, 0.3) is 0 Å². The number of aromatic nitrogens is 2. The molecule has 1 saturated heterocycles. The van der Waals surface area contributed by atoms with Crippen LogP contribution in [0, 0.1) is 0 Å². The van der Waals surface area contributed by atoms with Crippen LogP contribution in [-0.2, 0) is 4.74 Å². The van der Waals surface area contributed by atoms with Gasteiger partial charge in [0.25, 0.3) is 0 Å². The highest BCUT2D eigenvalue weighted by atomic mass is 35.5. The van der Waals surface area contributed by atoms with E-state index in [2.05, 4.69) is 19.8 Å². The summed E-state index contributed by atoms with van der Waals surface area (Å²) in [4.78, 5) is 28.1. The van der Waals surface area contributed by atoms with Gasteiger partial charge in [-0.1, -0.05) is 22.2 Å². The maximum Gasteiger partial charge on any atom is 0.362 e. The second-order valence-corrected chi connectivity index (χ2v) is 6.75. The fraction of sp³-hybridized carbons (Fsp3) is 0.375. The number of rotatable bonds is 4. The zero-order chi connectivity index (χ0) is 18.5. The first-order valence-corrected chi connectivity index (χ1v) is 9.29. The highest BCUT2D eigenvalue weighted by Crippen LogP contribution is 2.22. The molecule has 3 rings (SSSR count). The van der Waals surface area contributed by atoms with E-state index in [1.54, 1.807) is 11.8 Å². The fourth-order valence-electron chi connectivity index (χ4n) is 2.62. The zero-order valence-corrected chi connectivity index (χ0v) is 15.7. The van der Waals surface area contributed by atoms with Crippen LogP contribution in [0.1, 0.15) is 17.4 Å². The Morgan fingerprint density at radius 1 is 1.31 bits per heavy atom. The van der Waals surface area contributed by atoms with Crippen molar-refractivity contribution >= 4 is 45.8 Å². The van der Waals surface area contributed by atoms with Crippen molar-refractivity contribution in [3.8, 4) is 0 Å². The molecular formula is C16H18ClN5O3S. The number of urea groups is 1. The lowest BCUT2D eigenvalue weighted by atomic mass is 10.2. The van der Waals surface area contributed by atoms with Crippen molar-refractivity contribution in [1.82, 2.24) is 14.5 Å². The molecule has 138 valence electrons. The normalized spacial score (nSPS) is 14.2. The molecule has 0 atom stereocenters. The van der Waals surface area contributed by atoms with Gasteiger partial charge in [0.1, 0.15) is 0 Å². The van der Waals surface area contributed by atoms with E-state index in [1.807, 2.05) is 24.3 Å². The molecule has 2 amide bonds. The van der Waals surface area contributed by atoms with Gasteiger partial charge >= 0.3 is 12.0 Å². The predicted molar refractivity (Wildman–Crippen MR) is 100 cm³/mol. The van der Waals surface area contributed by atoms with Crippen molar-refractivity contribution in [3.05, 3.63) is 35.0 Å². The van der Waals surface area contributed by atoms with Crippen LogP contribution in [-0.4, -0.2) is 59.3 Å². The number of nitrogens with zero attached hydrogens (tertiary/aromatic N) is 4. The Kier molecular flexibility index (Phi) is 5.89. The lowest BCUT2D eigenvalue weighted by molar-refractivity contribution is 0.0520. The van der Waals surface area contributed by atoms with E-state index in [0.717, 1.165) is 17.2 Å². The fourth-order valence-corrected chi connectivity index (χ4v) is 3.35. The number of carbonyl (C=O) groups is 2. The van der Waals surface area contributed by atoms with Gasteiger partial charge in [-0.05, 0) is 25.1 Å². The molecule has 1 N–H and O–H groups in total. The van der Waals surface area contributed by atoms with Gasteiger partial charge in [-0.25, -0.2) is 9.59 Å². The smallest absolute Gasteiger partial charge is 0.362 e. The van der Waals surface area contributed by atoms with Gasteiger partial charge in [-0.3, -0.25) is 5.32 Å². The third-order valence-corrected chi connectivity index (χ3v) is 4.79. The average Bonchev–Trinajstić information content (AvgIpc) is 3.10. The Labute approximate surface area is 159 Å². The highest BCUT2D eigenvalue weighted by Gasteiger charge is 2.25. The summed E-state index contributed by atoms with van der Waals surface area (Å²) in [5.74, 6) is -0.595. The Hall–Kier alpha value is -2.39. The molecule has 26 heavy (non-hydrogen) atoms. The minimum Gasteiger partial charge on any atom is -0.461 e. The summed E-state index contributed by atoms with van der Waals surface area (Å²) in [6.45, 7) is 4.43. The second kappa shape index (κ2) is 8.33. The average molecular weight is 396 g/mol. The molecule has 1 aliphatic rings. The molecule has 2 heterocycles. The first-order chi connectivity index (χ1) is 12.6. The molecule has 0 saturated carbocycles. The predicted octanol–water partition coefficient (Wildman–Crippen LogP) is 2.72. The number of hydrogen-bond acceptors (Lipinski definition) is 7. The Balaban J connectivity index is 1.58. The van der Waals surface area contributed by atoms with E-state index in [-0.39, 0.29) is 18.3 Å². The third kappa shape index (κ3) is 4.23. The molecule has 10 heteroatoms. The van der Waals surface area contributed by atoms with Gasteiger partial charge in [-0.2, -0.15) is 0 Å². The monoisotopic (exact) mass is 395 g/mol. The summed E-state index contributed by atoms with van der Waals surface area (Å²) >= 11 is 6.99. The number of nitrogens with one attached hydrogen (secondary N) is 1. The van der Waals surface area contributed by atoms with E-state index >= 15 is 0 Å². The summed E-state index contributed by atoms with van der Waals surface area (Å²) < 4.78 is 8.63. The van der Waals surface area contributed by atoms with E-state index in [9.17, 15) is 9.59 Å². The summed E-state index contributed by atoms with van der Waals surface area (Å²) in [6.07, 6.45) is 0. The van der Waals surface area contributed by atoms with E-state index in [4.69, 9.17) is 16.3 Å². The molecule has 0 unspecified atom stereocenters. The maximum absolute atomic E-state index is 12.5. The zero-order valence-electron chi connectivity index (χ0n) is 14.1. The molecule has 0 spiro atoms. The third-order valence-electron chi connectivity index (χ3n) is 3.92. The molecule has 0 aliphatic carbocycles. The first-order valence-electron chi connectivity index (χ1n) is 8.14. The Morgan fingerprint density at radius 2 is 2.08 bits per heavy atom. The number of amides is 2. The van der Waals surface area contributed by atoms with Crippen LogP contribution in [0.4, 0.5) is 15.5 Å². The van der Waals surface area contributed by atoms with Crippen molar-refractivity contribution in [2.24, 2.45) is 0 Å². The van der Waals surface area contributed by atoms with Crippen molar-refractivity contribution in [3.63, 3.8) is 0 Å². The van der Waals surface area contributed by atoms with Gasteiger partial charge in [0, 0.05) is 48.4 Å². The number of halogens is 1. The van der Waals surface area contributed by atoms with E-state index in [1.165, 1.54) is 0 Å². The molecular weight excluding hydrogens is 378 g/mol. The van der Waals surface area contributed by atoms with Crippen molar-refractivity contribution in [2.75, 3.05) is 43.0 Å². The van der Waals surface area contributed by atoms with Gasteiger partial charge in [0.15, 0.2) is 5.00 Å². The Morgan fingerprint density at radius 3 is 2.77 bits per heavy atom. The van der Waals surface area contributed by atoms with Gasteiger partial charge < -0.3 is 14.5 Å². The van der Waals surface area contributed by atoms with Crippen LogP contribution in [0.2, 0.25) is 5.02 Å². The molecule has 8 nitrogen and oxygen atoms in total. The van der Waals surface area contributed by atoms with Crippen LogP contribution < -0.4 is 10.2 Å². The Bertz CT molecular complexity index is 792. The standard InChI is InChI=1S/C16H18ClN5O3S/c1-2-25-15(23)13-14(26-20-19-13)18-16(24)22-8-6-21(7-9-22)12-5-3-4-11(17)10-12/h3-5,10H,2,6-9H2,1H3,(H,18,24). The number of hydrogen-bond donors (Lipinski definition) is 1. The summed E-state index contributed by atoms with van der Waals surface area (Å²) in [5.41, 5.74) is 1.07. The minimum absolute atomic E-state index is 0.0303. The number of anilines is 2. The van der Waals surface area contributed by atoms with Crippen LogP contribution in [0.3, 0.4) is 0 Å². The highest BCUT2D eigenvalue weighted by molar-refractivity contribution is 7.10. The van der Waals surface area contributed by atoms with Gasteiger partial charge in [0.2, 0.25) is 5.69 Å². The molecule has 1 aromatic carbocycles. The quantitative estimate of drug-likeness (QED) is 0.801. The summed E-state index contributed by atoms with van der Waals surface area (Å²) in [5, 5.41) is 7.42. The topological polar surface area (TPSA) is 87.7 Å². The number of esters is 1. The van der Waals surface area contributed by atoms with Crippen LogP contribution in [0.5, 0.6) is 0 Å². The van der Waals surface area contributed by atoms with Crippen molar-refractivity contribution < 1.29 is 14.3 Å². The van der Waals surface area contributed by atoms with E-state index < -0.39 is 5.97 Å². The first kappa shape index (κ1) is 18.4. The number of carbonyl (C=O) groups excluding carboxylic acids is 2. The molecule has 2 aromatic rings. The van der Waals surface area contributed by atoms with Gasteiger partial charge in [0.05, 0.1) is 6.61 Å². The van der Waals surface area contributed by atoms with E-state index in [0.29, 0.717) is 36.2 Å². The largest absolute Gasteiger partial charge is 0.461 e. The molecule has 1 aromatic heterocycles. The lowest BCUT2D eigenvalue weighted by Crippen LogP contribution is -2.50. The van der Waals surface area contributed by atoms with Gasteiger partial charge in [-0.15, -0.1) is 5.10 Å². The summed E-state index contributed by atoms with van der Waals surface area (Å²) in [6, 6.07) is 7.36. The minimum atomic E-state index is -0.595. The lowest BCUT2D eigenvalue weighted by Gasteiger charge is -2.36. The van der Waals surface area contributed by atoms with Crippen molar-refractivity contribution in [2.45, 2.75) is 6.92 Å². The van der Waals surface area contributed by atoms with Crippen LogP contribution in [0.15, 0.2) is 24.3 Å². The molecule has 0 radical (unpaired) electrons. The van der Waals surface area contributed by atoms with Crippen molar-refractivity contribution in [1.29, 1.82) is 0 Å². The maximum atomic E-state index is 12.5.